The van der Waals surface area contributed by atoms with Crippen molar-refractivity contribution in [2.75, 3.05) is 34.2 Å². The van der Waals surface area contributed by atoms with Crippen LogP contribution in [0.15, 0.2) is 48.7 Å². The Morgan fingerprint density at radius 2 is 1.52 bits per heavy atom. The topological polar surface area (TPSA) is 228 Å². The molecular formula is C45H64N8O10. The molecule has 2 fully saturated rings. The zero-order valence-electron chi connectivity index (χ0n) is 38.0. The van der Waals surface area contributed by atoms with Gasteiger partial charge in [-0.1, -0.05) is 71.9 Å². The molecule has 3 heterocycles. The molecule has 1 unspecified atom stereocenters. The third kappa shape index (κ3) is 11.9. The van der Waals surface area contributed by atoms with Crippen LogP contribution in [0.4, 0.5) is 0 Å². The Kier molecular flexibility index (Phi) is 17.2. The smallest absolute Gasteiger partial charge is 0.333 e. The molecule has 7 amide bonds. The fraction of sp³-hybridized carbons (Fsp3) is 0.578. The van der Waals surface area contributed by atoms with E-state index in [1.54, 1.807) is 37.3 Å². The van der Waals surface area contributed by atoms with Crippen LogP contribution in [0.1, 0.15) is 96.2 Å². The zero-order valence-corrected chi connectivity index (χ0v) is 38.0. The van der Waals surface area contributed by atoms with Crippen LogP contribution >= 0.6 is 0 Å². The Hall–Kier alpha value is -6.07. The van der Waals surface area contributed by atoms with Crippen molar-refractivity contribution in [3.63, 3.8) is 0 Å². The first-order chi connectivity index (χ1) is 29.7. The average molecular weight is 877 g/mol. The second-order valence-corrected chi connectivity index (χ2v) is 17.3. The Labute approximate surface area is 369 Å². The van der Waals surface area contributed by atoms with E-state index in [0.29, 0.717) is 18.4 Å². The molecule has 2 aliphatic heterocycles. The first-order valence-corrected chi connectivity index (χ1v) is 21.6. The molecule has 4 rings (SSSR count). The molecule has 0 saturated carbocycles. The highest BCUT2D eigenvalue weighted by atomic mass is 16.5. The quantitative estimate of drug-likeness (QED) is 0.281. The van der Waals surface area contributed by atoms with Gasteiger partial charge in [-0.3, -0.25) is 33.6 Å². The van der Waals surface area contributed by atoms with Crippen LogP contribution in [-0.4, -0.2) is 148 Å². The molecule has 2 aliphatic rings. The van der Waals surface area contributed by atoms with Crippen LogP contribution in [0.2, 0.25) is 0 Å². The van der Waals surface area contributed by atoms with E-state index in [2.05, 4.69) is 20.9 Å². The summed E-state index contributed by atoms with van der Waals surface area (Å²) in [7, 11) is 4.29. The number of aromatic hydroxyl groups is 1. The monoisotopic (exact) mass is 876 g/mol. The third-order valence-corrected chi connectivity index (χ3v) is 12.0. The molecule has 63 heavy (non-hydrogen) atoms. The summed E-state index contributed by atoms with van der Waals surface area (Å²) in [5, 5.41) is 18.5. The Morgan fingerprint density at radius 3 is 2.13 bits per heavy atom. The van der Waals surface area contributed by atoms with Gasteiger partial charge in [0.1, 0.15) is 42.1 Å². The molecule has 0 spiro atoms. The van der Waals surface area contributed by atoms with Gasteiger partial charge in [0, 0.05) is 33.9 Å². The van der Waals surface area contributed by atoms with Crippen LogP contribution < -0.4 is 16.0 Å². The molecule has 1 aromatic heterocycles. The molecule has 18 nitrogen and oxygen atoms in total. The maximum atomic E-state index is 14.5. The Balaban J connectivity index is 1.86. The fourth-order valence-corrected chi connectivity index (χ4v) is 7.99. The lowest BCUT2D eigenvalue weighted by atomic mass is 9.88. The standard InChI is InChI=1S/C45H64N8O10/c1-11-30-42(59)52(10)38(29-17-13-12-14-18-29)45(62)63-28(7)35(49-40(57)36-33(54)20-15-21-46-36)39(56)48-31(23-25(2)3)43(60)53-22-16-19-32(53)44(61)50(8)24-34(55)51(9)37(41(58)47-30)27(6)26(4)5/h12-15,17-18,20-21,25-28,30-32,35,37-38,54H,11,16,19,22-24H2,1-10H3,(H,47,58)(H,48,56)(H,49,57)/t27?,28-,30+,31-,32-,35+,37+,38+/m1/s1. The van der Waals surface area contributed by atoms with Gasteiger partial charge in [-0.2, -0.15) is 0 Å². The summed E-state index contributed by atoms with van der Waals surface area (Å²) in [6.07, 6.45) is 0.782. The molecule has 0 aliphatic carbocycles. The first-order valence-electron chi connectivity index (χ1n) is 21.6. The van der Waals surface area contributed by atoms with E-state index in [1.807, 2.05) is 34.6 Å². The van der Waals surface area contributed by atoms with Gasteiger partial charge in [0.05, 0.1) is 6.54 Å². The Morgan fingerprint density at radius 1 is 0.873 bits per heavy atom. The molecule has 0 bridgehead atoms. The summed E-state index contributed by atoms with van der Waals surface area (Å²) < 4.78 is 5.96. The van der Waals surface area contributed by atoms with Crippen LogP contribution in [0.5, 0.6) is 5.75 Å². The van der Waals surface area contributed by atoms with E-state index in [-0.39, 0.29) is 31.2 Å². The number of rotatable bonds is 8. The normalized spacial score (nSPS) is 25.8. The number of carbonyl (C=O) groups is 8. The number of nitrogens with one attached hydrogen (secondary N) is 3. The summed E-state index contributed by atoms with van der Waals surface area (Å²) in [5.41, 5.74) is -0.0862. The molecule has 18 heteroatoms. The largest absolute Gasteiger partial charge is 0.505 e. The van der Waals surface area contributed by atoms with Crippen molar-refractivity contribution < 1.29 is 48.2 Å². The van der Waals surface area contributed by atoms with Crippen LogP contribution in [0.25, 0.3) is 0 Å². The highest BCUT2D eigenvalue weighted by Gasteiger charge is 2.43. The highest BCUT2D eigenvalue weighted by molar-refractivity contribution is 6.00. The number of hydrogen-bond acceptors (Lipinski definition) is 11. The second-order valence-electron chi connectivity index (χ2n) is 17.3. The van der Waals surface area contributed by atoms with Gasteiger partial charge in [-0.05, 0) is 68.1 Å². The van der Waals surface area contributed by atoms with Crippen molar-refractivity contribution in [3.8, 4) is 5.75 Å². The second kappa shape index (κ2) is 21.8. The lowest BCUT2D eigenvalue weighted by molar-refractivity contribution is -0.161. The molecule has 2 aromatic rings. The highest BCUT2D eigenvalue weighted by Crippen LogP contribution is 2.27. The summed E-state index contributed by atoms with van der Waals surface area (Å²) in [4.78, 5) is 123. The van der Waals surface area contributed by atoms with Crippen molar-refractivity contribution in [1.82, 2.24) is 40.5 Å². The van der Waals surface area contributed by atoms with Crippen LogP contribution in [0, 0.1) is 17.8 Å². The van der Waals surface area contributed by atoms with Crippen molar-refractivity contribution >= 4 is 47.3 Å². The number of esters is 1. The fourth-order valence-electron chi connectivity index (χ4n) is 7.99. The van der Waals surface area contributed by atoms with E-state index < -0.39 is 114 Å². The molecule has 1 aromatic carbocycles. The number of pyridine rings is 1. The Bertz CT molecular complexity index is 2000. The number of nitrogens with zero attached hydrogens (tertiary/aromatic N) is 5. The van der Waals surface area contributed by atoms with Gasteiger partial charge in [-0.15, -0.1) is 0 Å². The van der Waals surface area contributed by atoms with Crippen LogP contribution in [-0.2, 0) is 38.3 Å². The number of amides is 7. The van der Waals surface area contributed by atoms with Gasteiger partial charge in [0.2, 0.25) is 35.4 Å². The molecule has 344 valence electrons. The first kappa shape index (κ1) is 49.6. The number of fused-ring (bicyclic) bond motifs is 1. The lowest BCUT2D eigenvalue weighted by Gasteiger charge is -2.37. The number of carbonyl (C=O) groups excluding carboxylic acids is 8. The summed E-state index contributed by atoms with van der Waals surface area (Å²) >= 11 is 0. The summed E-state index contributed by atoms with van der Waals surface area (Å²) in [6.45, 7) is 12.1. The minimum Gasteiger partial charge on any atom is -0.505 e. The number of benzene rings is 1. The van der Waals surface area contributed by atoms with Gasteiger partial charge < -0.3 is 45.4 Å². The van der Waals surface area contributed by atoms with Crippen molar-refractivity contribution in [1.29, 1.82) is 0 Å². The van der Waals surface area contributed by atoms with Crippen LogP contribution in [0.3, 0.4) is 0 Å². The van der Waals surface area contributed by atoms with Crippen molar-refractivity contribution in [2.45, 2.75) is 117 Å². The minimum absolute atomic E-state index is 0.0906. The predicted octanol–water partition coefficient (Wildman–Crippen LogP) is 2.02. The van der Waals surface area contributed by atoms with E-state index in [4.69, 9.17) is 4.74 Å². The molecule has 4 N–H and O–H groups in total. The number of likely N-dealkylation sites (N-methyl/N-ethyl adjacent to an activating group) is 3. The average Bonchev–Trinajstić information content (AvgIpc) is 3.73. The number of aromatic nitrogens is 1. The lowest BCUT2D eigenvalue weighted by Crippen LogP contribution is -2.60. The third-order valence-electron chi connectivity index (χ3n) is 12.0. The molecule has 2 saturated heterocycles. The van der Waals surface area contributed by atoms with Gasteiger partial charge in [-0.25, -0.2) is 9.78 Å². The van der Waals surface area contributed by atoms with Crippen molar-refractivity contribution in [3.05, 3.63) is 59.9 Å². The molecule has 8 atom stereocenters. The van der Waals surface area contributed by atoms with E-state index in [9.17, 15) is 43.5 Å². The van der Waals surface area contributed by atoms with Crippen molar-refractivity contribution in [2.24, 2.45) is 17.8 Å². The summed E-state index contributed by atoms with van der Waals surface area (Å²) in [5.74, 6) is -6.94. The maximum absolute atomic E-state index is 14.5. The number of ether oxygens (including phenoxy) is 1. The summed E-state index contributed by atoms with van der Waals surface area (Å²) in [6, 6.07) is 3.37. The number of cyclic esters (lactones) is 1. The number of hydrogen-bond donors (Lipinski definition) is 4. The van der Waals surface area contributed by atoms with Gasteiger partial charge in [0.15, 0.2) is 11.7 Å². The van der Waals surface area contributed by atoms with Gasteiger partial charge in [0.25, 0.3) is 5.91 Å². The predicted molar refractivity (Wildman–Crippen MR) is 231 cm³/mol. The zero-order chi connectivity index (χ0) is 46.9. The maximum Gasteiger partial charge on any atom is 0.333 e. The van der Waals surface area contributed by atoms with E-state index in [1.165, 1.54) is 61.1 Å². The minimum atomic E-state index is -1.69. The van der Waals surface area contributed by atoms with Gasteiger partial charge >= 0.3 is 5.97 Å². The SMILES string of the molecule is CC[C@@H]1NC(=O)[C@H](C(C)C(C)C)N(C)C(=O)CN(C)C(=O)[C@H]2CCCN2C(=O)[C@@H](CC(C)C)NC(=O)[C@@H](NC(=O)c2ncccc2O)[C@@H](C)OC(=O)[C@H](c2ccccc2)N(C)C1=O. The molecule has 0 radical (unpaired) electrons. The van der Waals surface area contributed by atoms with E-state index in [0.717, 1.165) is 4.90 Å². The van der Waals surface area contributed by atoms with E-state index >= 15 is 0 Å². The molecular weight excluding hydrogens is 813 g/mol.